The number of carbonyl (C=O) groups excluding carboxylic acids is 1. The zero-order chi connectivity index (χ0) is 19.3. The van der Waals surface area contributed by atoms with Crippen molar-refractivity contribution in [1.29, 1.82) is 0 Å². The van der Waals surface area contributed by atoms with E-state index in [0.29, 0.717) is 12.6 Å². The van der Waals surface area contributed by atoms with E-state index in [2.05, 4.69) is 53.7 Å². The molecule has 1 fully saturated rings. The van der Waals surface area contributed by atoms with Crippen molar-refractivity contribution in [3.63, 3.8) is 0 Å². The van der Waals surface area contributed by atoms with Crippen molar-refractivity contribution in [2.45, 2.75) is 25.3 Å². The molecule has 2 atom stereocenters. The number of rotatable bonds is 5. The third-order valence-electron chi connectivity index (χ3n) is 5.93. The Hall–Kier alpha value is -2.37. The highest BCUT2D eigenvalue weighted by atomic mass is 16.5. The first kappa shape index (κ1) is 19.0. The summed E-state index contributed by atoms with van der Waals surface area (Å²) >= 11 is 0. The number of morpholine rings is 1. The van der Waals surface area contributed by atoms with Crippen molar-refractivity contribution in [2.75, 3.05) is 50.1 Å². The largest absolute Gasteiger partial charge is 0.378 e. The molecule has 5 nitrogen and oxygen atoms in total. The summed E-state index contributed by atoms with van der Waals surface area (Å²) < 4.78 is 5.41. The Morgan fingerprint density at radius 3 is 2.68 bits per heavy atom. The van der Waals surface area contributed by atoms with Gasteiger partial charge in [0.2, 0.25) is 0 Å². The van der Waals surface area contributed by atoms with Crippen LogP contribution in [0.3, 0.4) is 0 Å². The monoisotopic (exact) mass is 380 g/mol. The Morgan fingerprint density at radius 1 is 1.14 bits per heavy atom. The summed E-state index contributed by atoms with van der Waals surface area (Å²) in [4.78, 5) is 16.2. The fraction of sp³-hybridized carbons (Fsp3) is 0.435. The second kappa shape index (κ2) is 8.76. The fourth-order valence-electron chi connectivity index (χ4n) is 4.42. The number of carbonyl (C=O) groups is 1. The van der Waals surface area contributed by atoms with Crippen LogP contribution in [-0.4, -0.2) is 45.8 Å². The van der Waals surface area contributed by atoms with Gasteiger partial charge in [-0.1, -0.05) is 24.3 Å². The Kier molecular flexibility index (Phi) is 5.93. The van der Waals surface area contributed by atoms with Crippen LogP contribution in [0.1, 0.15) is 30.0 Å². The maximum atomic E-state index is 12.6. The van der Waals surface area contributed by atoms with Crippen molar-refractivity contribution in [1.82, 2.24) is 0 Å². The van der Waals surface area contributed by atoms with E-state index < -0.39 is 0 Å². The molecule has 0 bridgehead atoms. The molecule has 1 aliphatic carbocycles. The van der Waals surface area contributed by atoms with E-state index >= 15 is 0 Å². The Bertz CT molecular complexity index is 800. The van der Waals surface area contributed by atoms with Gasteiger partial charge in [-0.3, -0.25) is 4.79 Å². The van der Waals surface area contributed by atoms with Crippen molar-refractivity contribution in [3.8, 4) is 0 Å². The second-order valence-corrected chi connectivity index (χ2v) is 7.86. The highest BCUT2D eigenvalue weighted by Gasteiger charge is 2.27. The number of fused-ring (bicyclic) bond motifs is 1. The van der Waals surface area contributed by atoms with Crippen LogP contribution in [0.4, 0.5) is 11.4 Å². The second-order valence-electron chi connectivity index (χ2n) is 7.86. The number of quaternary nitrogens is 1. The van der Waals surface area contributed by atoms with Gasteiger partial charge in [-0.15, -0.1) is 0 Å². The first-order valence-electron chi connectivity index (χ1n) is 10.3. The Balaban J connectivity index is 1.34. The molecule has 0 aromatic heterocycles. The van der Waals surface area contributed by atoms with E-state index in [0.717, 1.165) is 44.8 Å². The van der Waals surface area contributed by atoms with Crippen LogP contribution in [-0.2, 0) is 16.0 Å². The van der Waals surface area contributed by atoms with Crippen LogP contribution in [0.15, 0.2) is 48.5 Å². The molecule has 1 aliphatic heterocycles. The molecule has 2 aromatic rings. The molecule has 0 spiro atoms. The number of aryl methyl sites for hydroxylation is 1. The summed E-state index contributed by atoms with van der Waals surface area (Å²) in [7, 11) is 2.13. The van der Waals surface area contributed by atoms with Crippen molar-refractivity contribution < 1.29 is 14.4 Å². The summed E-state index contributed by atoms with van der Waals surface area (Å²) in [5.74, 6) is 0.0691. The molecule has 1 unspecified atom stereocenters. The molecular formula is C23H30N3O2+. The van der Waals surface area contributed by atoms with E-state index in [9.17, 15) is 4.79 Å². The lowest BCUT2D eigenvalue weighted by Gasteiger charge is -2.30. The van der Waals surface area contributed by atoms with E-state index in [1.54, 1.807) is 0 Å². The lowest BCUT2D eigenvalue weighted by molar-refractivity contribution is -0.905. The number of hydrogen-bond acceptors (Lipinski definition) is 3. The smallest absolute Gasteiger partial charge is 0.279 e. The van der Waals surface area contributed by atoms with Gasteiger partial charge in [-0.25, -0.2) is 0 Å². The molecule has 28 heavy (non-hydrogen) atoms. The lowest BCUT2D eigenvalue weighted by atomic mass is 9.87. The number of hydrogen-bond donors (Lipinski definition) is 2. The Labute approximate surface area is 167 Å². The number of amides is 1. The van der Waals surface area contributed by atoms with Crippen molar-refractivity contribution >= 4 is 17.3 Å². The van der Waals surface area contributed by atoms with Crippen molar-refractivity contribution in [3.05, 3.63) is 59.7 Å². The normalized spacial score (nSPS) is 20.3. The molecule has 2 aromatic carbocycles. The molecule has 148 valence electrons. The van der Waals surface area contributed by atoms with E-state index in [1.807, 2.05) is 12.1 Å². The molecule has 5 heteroatoms. The zero-order valence-electron chi connectivity index (χ0n) is 16.6. The summed E-state index contributed by atoms with van der Waals surface area (Å²) in [5.41, 5.74) is 4.90. The van der Waals surface area contributed by atoms with Gasteiger partial charge < -0.3 is 19.9 Å². The summed E-state index contributed by atoms with van der Waals surface area (Å²) in [6.07, 6.45) is 3.50. The number of ether oxygens (including phenoxy) is 1. The standard InChI is InChI=1S/C23H29N3O2/c1-25(22-8-4-6-18-5-2-3-7-21(18)22)17-23(27)24-19-9-11-20(12-10-19)26-13-15-28-16-14-26/h2-3,5,7,9-12,22H,4,6,8,13-17H2,1H3,(H,24,27)/p+1/t22-/m1/s1. The molecule has 1 amide bonds. The van der Waals surface area contributed by atoms with Gasteiger partial charge in [0.05, 0.1) is 20.3 Å². The number of nitrogens with one attached hydrogen (secondary N) is 2. The van der Waals surface area contributed by atoms with Gasteiger partial charge in [0.15, 0.2) is 6.54 Å². The Morgan fingerprint density at radius 2 is 1.89 bits per heavy atom. The maximum Gasteiger partial charge on any atom is 0.279 e. The van der Waals surface area contributed by atoms with Crippen LogP contribution in [0.2, 0.25) is 0 Å². The van der Waals surface area contributed by atoms with E-state index in [1.165, 1.54) is 28.1 Å². The quantitative estimate of drug-likeness (QED) is 0.835. The van der Waals surface area contributed by atoms with Gasteiger partial charge in [0.1, 0.15) is 6.04 Å². The van der Waals surface area contributed by atoms with Gasteiger partial charge in [0.25, 0.3) is 5.91 Å². The van der Waals surface area contributed by atoms with Gasteiger partial charge in [-0.05, 0) is 42.7 Å². The summed E-state index contributed by atoms with van der Waals surface area (Å²) in [6.45, 7) is 3.87. The molecule has 0 radical (unpaired) electrons. The van der Waals surface area contributed by atoms with Crippen molar-refractivity contribution in [2.24, 2.45) is 0 Å². The molecule has 1 saturated heterocycles. The number of benzene rings is 2. The van der Waals surface area contributed by atoms with E-state index in [-0.39, 0.29) is 5.91 Å². The SMILES string of the molecule is C[NH+](CC(=O)Nc1ccc(N2CCOCC2)cc1)[C@@H]1CCCc2ccccc21. The third kappa shape index (κ3) is 4.37. The topological polar surface area (TPSA) is 46.0 Å². The molecule has 2 aliphatic rings. The highest BCUT2D eigenvalue weighted by molar-refractivity contribution is 5.91. The molecule has 4 rings (SSSR count). The van der Waals surface area contributed by atoms with Gasteiger partial charge in [0, 0.05) is 36.4 Å². The number of anilines is 2. The summed E-state index contributed by atoms with van der Waals surface area (Å²) in [6, 6.07) is 17.2. The average Bonchev–Trinajstić information content (AvgIpc) is 2.74. The fourth-order valence-corrected chi connectivity index (χ4v) is 4.42. The van der Waals surface area contributed by atoms with Crippen LogP contribution in [0.5, 0.6) is 0 Å². The molecule has 1 heterocycles. The number of likely N-dealkylation sites (N-methyl/N-ethyl adjacent to an activating group) is 1. The zero-order valence-corrected chi connectivity index (χ0v) is 16.6. The van der Waals surface area contributed by atoms with Crippen LogP contribution in [0.25, 0.3) is 0 Å². The van der Waals surface area contributed by atoms with Crippen LogP contribution in [0, 0.1) is 0 Å². The first-order valence-corrected chi connectivity index (χ1v) is 10.3. The van der Waals surface area contributed by atoms with Crippen LogP contribution < -0.4 is 15.1 Å². The maximum absolute atomic E-state index is 12.6. The first-order chi connectivity index (χ1) is 13.7. The van der Waals surface area contributed by atoms with E-state index in [4.69, 9.17) is 4.74 Å². The summed E-state index contributed by atoms with van der Waals surface area (Å²) in [5, 5.41) is 3.06. The predicted molar refractivity (Wildman–Crippen MR) is 112 cm³/mol. The van der Waals surface area contributed by atoms with Gasteiger partial charge >= 0.3 is 0 Å². The lowest BCUT2D eigenvalue weighted by Crippen LogP contribution is -3.10. The average molecular weight is 381 g/mol. The minimum Gasteiger partial charge on any atom is -0.378 e. The third-order valence-corrected chi connectivity index (χ3v) is 5.93. The van der Waals surface area contributed by atoms with Gasteiger partial charge in [-0.2, -0.15) is 0 Å². The van der Waals surface area contributed by atoms with Crippen LogP contribution >= 0.6 is 0 Å². The number of nitrogens with zero attached hydrogens (tertiary/aromatic N) is 1. The molecular weight excluding hydrogens is 350 g/mol. The molecule has 2 N–H and O–H groups in total. The molecule has 0 saturated carbocycles. The predicted octanol–water partition coefficient (Wildman–Crippen LogP) is 2.05. The minimum atomic E-state index is 0.0691. The highest BCUT2D eigenvalue weighted by Crippen LogP contribution is 2.27. The minimum absolute atomic E-state index is 0.0691.